The minimum Gasteiger partial charge on any atom is -0.487 e. The number of halogens is 1. The van der Waals surface area contributed by atoms with Crippen molar-refractivity contribution in [1.82, 2.24) is 9.88 Å². The maximum Gasteiger partial charge on any atom is 0.337 e. The summed E-state index contributed by atoms with van der Waals surface area (Å²) in [6, 6.07) is 8.67. The molecule has 0 unspecified atom stereocenters. The van der Waals surface area contributed by atoms with Gasteiger partial charge in [-0.25, -0.2) is 4.79 Å². The van der Waals surface area contributed by atoms with Crippen LogP contribution in [0.15, 0.2) is 54.0 Å². The van der Waals surface area contributed by atoms with E-state index in [9.17, 15) is 9.59 Å². The van der Waals surface area contributed by atoms with E-state index in [0.29, 0.717) is 23.1 Å². The van der Waals surface area contributed by atoms with E-state index in [4.69, 9.17) is 26.2 Å². The van der Waals surface area contributed by atoms with E-state index in [1.54, 1.807) is 30.6 Å². The predicted octanol–water partition coefficient (Wildman–Crippen LogP) is 1.99. The molecule has 1 aromatic heterocycles. The van der Waals surface area contributed by atoms with Gasteiger partial charge in [-0.2, -0.15) is 0 Å². The Balaban J connectivity index is 1.75. The Morgan fingerprint density at radius 1 is 1.38 bits per heavy atom. The van der Waals surface area contributed by atoms with Gasteiger partial charge in [-0.15, -0.1) is 0 Å². The Labute approximate surface area is 172 Å². The number of aliphatic hydroxyl groups is 1. The van der Waals surface area contributed by atoms with Gasteiger partial charge in [0.15, 0.2) is 0 Å². The first-order valence-electron chi connectivity index (χ1n) is 8.83. The Hall–Kier alpha value is -3.10. The molecule has 2 aromatic rings. The summed E-state index contributed by atoms with van der Waals surface area (Å²) in [7, 11) is 1.25. The first-order chi connectivity index (χ1) is 14.0. The number of carbonyl (C=O) groups excluding carboxylic acids is 2. The lowest BCUT2D eigenvalue weighted by atomic mass is 10.2. The number of benzene rings is 1. The number of amides is 1. The molecule has 2 N–H and O–H groups in total. The number of hydrogen-bond acceptors (Lipinski definition) is 7. The van der Waals surface area contributed by atoms with Gasteiger partial charge in [0.25, 0.3) is 5.91 Å². The number of ether oxygens (including phenoxy) is 2. The Bertz CT molecular complexity index is 933. The summed E-state index contributed by atoms with van der Waals surface area (Å²) in [6.07, 6.45) is 3.38. The predicted molar refractivity (Wildman–Crippen MR) is 106 cm³/mol. The van der Waals surface area contributed by atoms with Gasteiger partial charge in [0.2, 0.25) is 0 Å². The Morgan fingerprint density at radius 2 is 2.21 bits per heavy atom. The van der Waals surface area contributed by atoms with Crippen molar-refractivity contribution in [2.45, 2.75) is 6.61 Å². The highest BCUT2D eigenvalue weighted by Crippen LogP contribution is 2.30. The summed E-state index contributed by atoms with van der Waals surface area (Å²) in [4.78, 5) is 30.0. The minimum atomic E-state index is -0.608. The molecule has 0 aliphatic carbocycles. The van der Waals surface area contributed by atoms with Crippen molar-refractivity contribution in [2.75, 3.05) is 32.1 Å². The van der Waals surface area contributed by atoms with E-state index in [2.05, 4.69) is 10.3 Å². The van der Waals surface area contributed by atoms with E-state index in [0.717, 1.165) is 5.56 Å². The molecule has 1 amide bonds. The van der Waals surface area contributed by atoms with Gasteiger partial charge in [0.1, 0.15) is 18.1 Å². The van der Waals surface area contributed by atoms with Crippen molar-refractivity contribution in [2.24, 2.45) is 0 Å². The summed E-state index contributed by atoms with van der Waals surface area (Å²) in [5.74, 6) is -0.529. The van der Waals surface area contributed by atoms with E-state index in [1.165, 1.54) is 12.0 Å². The number of anilines is 1. The number of aromatic nitrogens is 1. The van der Waals surface area contributed by atoms with Crippen LogP contribution in [-0.4, -0.2) is 53.7 Å². The molecular formula is C20H20ClN3O5. The third kappa shape index (κ3) is 4.85. The highest BCUT2D eigenvalue weighted by molar-refractivity contribution is 6.32. The SMILES string of the molecule is COC(=O)C1=C(Nc2ccc(OCc3cccnc3)c(Cl)c2)C(=O)N(CCO)C1. The molecule has 29 heavy (non-hydrogen) atoms. The van der Waals surface area contributed by atoms with Crippen LogP contribution < -0.4 is 10.1 Å². The molecule has 0 saturated heterocycles. The molecule has 1 aliphatic rings. The number of β-amino-alcohol motifs (C(OH)–C–C–N with tert-alkyl or cyclic N) is 1. The van der Waals surface area contributed by atoms with Crippen LogP contribution in [0.1, 0.15) is 5.56 Å². The zero-order valence-corrected chi connectivity index (χ0v) is 16.5. The number of rotatable bonds is 8. The van der Waals surface area contributed by atoms with Crippen LogP contribution in [0.3, 0.4) is 0 Å². The maximum atomic E-state index is 12.6. The van der Waals surface area contributed by atoms with Crippen molar-refractivity contribution >= 4 is 29.2 Å². The van der Waals surface area contributed by atoms with E-state index in [1.807, 2.05) is 12.1 Å². The standard InChI is InChI=1S/C20H20ClN3O5/c1-28-20(27)15-11-24(7-8-25)19(26)18(15)23-14-4-5-17(16(21)9-14)29-12-13-3-2-6-22-10-13/h2-6,9-10,23,25H,7-8,11-12H2,1H3. The van der Waals surface area contributed by atoms with Crippen LogP contribution in [0.2, 0.25) is 5.02 Å². The molecule has 1 aromatic carbocycles. The average Bonchev–Trinajstić information content (AvgIpc) is 3.03. The molecule has 152 valence electrons. The monoisotopic (exact) mass is 417 g/mol. The second-order valence-corrected chi connectivity index (χ2v) is 6.62. The molecule has 9 heteroatoms. The second-order valence-electron chi connectivity index (χ2n) is 6.22. The van der Waals surface area contributed by atoms with Crippen LogP contribution in [0.4, 0.5) is 5.69 Å². The molecule has 8 nitrogen and oxygen atoms in total. The number of carbonyl (C=O) groups is 2. The number of hydrogen-bond donors (Lipinski definition) is 2. The number of aliphatic hydroxyl groups excluding tert-OH is 1. The van der Waals surface area contributed by atoms with Gasteiger partial charge in [-0.05, 0) is 24.3 Å². The first-order valence-corrected chi connectivity index (χ1v) is 9.21. The number of esters is 1. The van der Waals surface area contributed by atoms with E-state index in [-0.39, 0.29) is 31.0 Å². The molecule has 0 bridgehead atoms. The van der Waals surface area contributed by atoms with Crippen LogP contribution in [0.25, 0.3) is 0 Å². The summed E-state index contributed by atoms with van der Waals surface area (Å²) in [5, 5.41) is 12.4. The topological polar surface area (TPSA) is 101 Å². The summed E-state index contributed by atoms with van der Waals surface area (Å²) < 4.78 is 10.5. The van der Waals surface area contributed by atoms with Gasteiger partial charge in [0.05, 0.1) is 30.9 Å². The maximum absolute atomic E-state index is 12.6. The van der Waals surface area contributed by atoms with Crippen LogP contribution in [0.5, 0.6) is 5.75 Å². The van der Waals surface area contributed by atoms with Gasteiger partial charge in [0, 0.05) is 30.2 Å². The highest BCUT2D eigenvalue weighted by atomic mass is 35.5. The lowest BCUT2D eigenvalue weighted by Crippen LogP contribution is -2.31. The molecule has 0 fully saturated rings. The Kier molecular flexibility index (Phi) is 6.69. The molecule has 0 saturated carbocycles. The van der Waals surface area contributed by atoms with E-state index >= 15 is 0 Å². The minimum absolute atomic E-state index is 0.0639. The summed E-state index contributed by atoms with van der Waals surface area (Å²) in [5.41, 5.74) is 1.71. The highest BCUT2D eigenvalue weighted by Gasteiger charge is 2.34. The van der Waals surface area contributed by atoms with Gasteiger partial charge in [-0.3, -0.25) is 9.78 Å². The van der Waals surface area contributed by atoms with Crippen molar-refractivity contribution < 1.29 is 24.2 Å². The lowest BCUT2D eigenvalue weighted by molar-refractivity contribution is -0.136. The second kappa shape index (κ2) is 9.40. The molecular weight excluding hydrogens is 398 g/mol. The molecule has 3 rings (SSSR count). The third-order valence-electron chi connectivity index (χ3n) is 4.27. The summed E-state index contributed by atoms with van der Waals surface area (Å²) >= 11 is 6.31. The molecule has 1 aliphatic heterocycles. The van der Waals surface area contributed by atoms with Crippen LogP contribution in [0, 0.1) is 0 Å². The zero-order valence-electron chi connectivity index (χ0n) is 15.7. The van der Waals surface area contributed by atoms with Crippen molar-refractivity contribution in [3.05, 3.63) is 64.6 Å². The van der Waals surface area contributed by atoms with E-state index < -0.39 is 11.9 Å². The fourth-order valence-corrected chi connectivity index (χ4v) is 3.07. The van der Waals surface area contributed by atoms with Crippen LogP contribution in [-0.2, 0) is 20.9 Å². The molecule has 0 radical (unpaired) electrons. The zero-order chi connectivity index (χ0) is 20.8. The smallest absolute Gasteiger partial charge is 0.337 e. The largest absolute Gasteiger partial charge is 0.487 e. The fraction of sp³-hybridized carbons (Fsp3) is 0.250. The van der Waals surface area contributed by atoms with Gasteiger partial charge >= 0.3 is 5.97 Å². The first kappa shape index (κ1) is 20.6. The molecule has 0 spiro atoms. The quantitative estimate of drug-likeness (QED) is 0.633. The van der Waals surface area contributed by atoms with Crippen molar-refractivity contribution in [3.63, 3.8) is 0 Å². The molecule has 0 atom stereocenters. The number of nitrogens with one attached hydrogen (secondary N) is 1. The number of nitrogens with zero attached hydrogens (tertiary/aromatic N) is 2. The van der Waals surface area contributed by atoms with Crippen LogP contribution >= 0.6 is 11.6 Å². The van der Waals surface area contributed by atoms with Crippen molar-refractivity contribution in [3.8, 4) is 5.75 Å². The summed E-state index contributed by atoms with van der Waals surface area (Å²) in [6.45, 7) is 0.287. The lowest BCUT2D eigenvalue weighted by Gasteiger charge is -2.15. The fourth-order valence-electron chi connectivity index (χ4n) is 2.83. The number of methoxy groups -OCH3 is 1. The van der Waals surface area contributed by atoms with Gasteiger partial charge < -0.3 is 24.8 Å². The van der Waals surface area contributed by atoms with Crippen molar-refractivity contribution in [1.29, 1.82) is 0 Å². The Morgan fingerprint density at radius 3 is 2.86 bits per heavy atom. The molecule has 2 heterocycles. The number of pyridine rings is 1. The normalized spacial score (nSPS) is 13.6. The average molecular weight is 418 g/mol. The van der Waals surface area contributed by atoms with Gasteiger partial charge in [-0.1, -0.05) is 17.7 Å². The third-order valence-corrected chi connectivity index (χ3v) is 4.57.